The van der Waals surface area contributed by atoms with Gasteiger partial charge in [0.05, 0.1) is 6.54 Å². The molecule has 1 fully saturated rings. The summed E-state index contributed by atoms with van der Waals surface area (Å²) in [6.07, 6.45) is -0.134. The predicted molar refractivity (Wildman–Crippen MR) is 28.6 cm³/mol. The zero-order valence-corrected chi connectivity index (χ0v) is 5.05. The lowest BCUT2D eigenvalue weighted by atomic mass is 10.4. The van der Waals surface area contributed by atoms with Crippen molar-refractivity contribution in [1.29, 1.82) is 0 Å². The van der Waals surface area contributed by atoms with Crippen molar-refractivity contribution in [1.82, 2.24) is 4.90 Å². The molecule has 3 heteroatoms. The van der Waals surface area contributed by atoms with Crippen LogP contribution in [0.5, 0.6) is 0 Å². The van der Waals surface area contributed by atoms with Crippen molar-refractivity contribution in [3.63, 3.8) is 0 Å². The van der Waals surface area contributed by atoms with Gasteiger partial charge in [-0.25, -0.2) is 4.79 Å². The topological polar surface area (TPSA) is 29.5 Å². The van der Waals surface area contributed by atoms with Crippen LogP contribution in [0.1, 0.15) is 6.92 Å². The van der Waals surface area contributed by atoms with Crippen molar-refractivity contribution in [2.45, 2.75) is 13.0 Å². The standard InChI is InChI=1S/C5H9NO2/c1-4-3-6(2)5(7)8-4/h4H,3H2,1-2H3. The summed E-state index contributed by atoms with van der Waals surface area (Å²) >= 11 is 0. The van der Waals surface area contributed by atoms with E-state index in [4.69, 9.17) is 4.74 Å². The highest BCUT2D eigenvalue weighted by molar-refractivity contribution is 5.69. The van der Waals surface area contributed by atoms with E-state index in [-0.39, 0.29) is 12.2 Å². The summed E-state index contributed by atoms with van der Waals surface area (Å²) in [5.74, 6) is 0. The Labute approximate surface area is 48.2 Å². The fraction of sp³-hybridized carbons (Fsp3) is 0.800. The Morgan fingerprint density at radius 2 is 2.50 bits per heavy atom. The first-order chi connectivity index (χ1) is 3.70. The van der Waals surface area contributed by atoms with E-state index < -0.39 is 0 Å². The molecule has 0 aliphatic carbocycles. The normalized spacial score (nSPS) is 28.5. The Morgan fingerprint density at radius 1 is 1.88 bits per heavy atom. The number of carbonyl (C=O) groups is 1. The summed E-state index contributed by atoms with van der Waals surface area (Å²) in [4.78, 5) is 12.0. The number of hydrogen-bond acceptors (Lipinski definition) is 2. The third-order valence-electron chi connectivity index (χ3n) is 1.14. The number of nitrogens with zero attached hydrogens (tertiary/aromatic N) is 1. The van der Waals surface area contributed by atoms with Crippen LogP contribution in [0.4, 0.5) is 4.79 Å². The average Bonchev–Trinajstić information content (AvgIpc) is 1.85. The molecule has 1 aliphatic heterocycles. The highest BCUT2D eigenvalue weighted by Crippen LogP contribution is 2.06. The van der Waals surface area contributed by atoms with Crippen LogP contribution in [0.15, 0.2) is 0 Å². The second-order valence-electron chi connectivity index (χ2n) is 2.07. The lowest BCUT2D eigenvalue weighted by Gasteiger charge is -1.99. The maximum Gasteiger partial charge on any atom is 0.409 e. The quantitative estimate of drug-likeness (QED) is 0.459. The highest BCUT2D eigenvalue weighted by Gasteiger charge is 2.23. The van der Waals surface area contributed by atoms with E-state index in [0.717, 1.165) is 6.54 Å². The van der Waals surface area contributed by atoms with Crippen LogP contribution < -0.4 is 0 Å². The van der Waals surface area contributed by atoms with E-state index in [1.165, 1.54) is 0 Å². The molecule has 0 saturated carbocycles. The molecule has 1 aliphatic rings. The molecule has 1 saturated heterocycles. The first-order valence-corrected chi connectivity index (χ1v) is 2.62. The summed E-state index contributed by atoms with van der Waals surface area (Å²) < 4.78 is 4.76. The molecular formula is C5H9NO2. The Hall–Kier alpha value is -0.730. The van der Waals surface area contributed by atoms with Gasteiger partial charge in [0.2, 0.25) is 0 Å². The second kappa shape index (κ2) is 1.65. The van der Waals surface area contributed by atoms with E-state index >= 15 is 0 Å². The molecule has 0 spiro atoms. The molecule has 1 rings (SSSR count). The minimum atomic E-state index is -0.211. The molecule has 0 radical (unpaired) electrons. The fourth-order valence-electron chi connectivity index (χ4n) is 0.760. The van der Waals surface area contributed by atoms with Gasteiger partial charge in [0.25, 0.3) is 0 Å². The monoisotopic (exact) mass is 115 g/mol. The zero-order chi connectivity index (χ0) is 6.15. The summed E-state index contributed by atoms with van der Waals surface area (Å²) in [5, 5.41) is 0. The first kappa shape index (κ1) is 5.41. The molecule has 1 unspecified atom stereocenters. The van der Waals surface area contributed by atoms with Gasteiger partial charge >= 0.3 is 6.09 Å². The number of likely N-dealkylation sites (N-methyl/N-ethyl adjacent to an activating group) is 1. The van der Waals surface area contributed by atoms with Gasteiger partial charge in [-0.3, -0.25) is 0 Å². The Balaban J connectivity index is 2.51. The van der Waals surface area contributed by atoms with Crippen molar-refractivity contribution >= 4 is 6.09 Å². The Kier molecular flexibility index (Phi) is 1.12. The summed E-state index contributed by atoms with van der Waals surface area (Å²) in [5.41, 5.74) is 0. The first-order valence-electron chi connectivity index (χ1n) is 2.62. The Bertz CT molecular complexity index is 113. The van der Waals surface area contributed by atoms with Crippen LogP contribution in [0.3, 0.4) is 0 Å². The minimum absolute atomic E-state index is 0.0764. The summed E-state index contributed by atoms with van der Waals surface area (Å²) in [7, 11) is 1.73. The third kappa shape index (κ3) is 0.757. The van der Waals surface area contributed by atoms with Gasteiger partial charge in [-0.1, -0.05) is 0 Å². The van der Waals surface area contributed by atoms with Crippen molar-refractivity contribution in [2.75, 3.05) is 13.6 Å². The molecule has 1 heterocycles. The average molecular weight is 115 g/mol. The van der Waals surface area contributed by atoms with E-state index in [0.29, 0.717) is 0 Å². The van der Waals surface area contributed by atoms with Crippen LogP contribution in [-0.4, -0.2) is 30.7 Å². The Morgan fingerprint density at radius 3 is 2.62 bits per heavy atom. The number of ether oxygens (including phenoxy) is 1. The van der Waals surface area contributed by atoms with E-state index in [1.807, 2.05) is 6.92 Å². The molecule has 0 aromatic heterocycles. The SMILES string of the molecule is CC1CN(C)C(=O)O1. The number of amides is 1. The van der Waals surface area contributed by atoms with Gasteiger partial charge in [0.1, 0.15) is 6.10 Å². The highest BCUT2D eigenvalue weighted by atomic mass is 16.6. The number of hydrogen-bond donors (Lipinski definition) is 0. The number of carbonyl (C=O) groups excluding carboxylic acids is 1. The molecular weight excluding hydrogens is 106 g/mol. The van der Waals surface area contributed by atoms with Crippen molar-refractivity contribution in [3.8, 4) is 0 Å². The van der Waals surface area contributed by atoms with Gasteiger partial charge in [-0.2, -0.15) is 0 Å². The summed E-state index contributed by atoms with van der Waals surface area (Å²) in [6, 6.07) is 0. The molecule has 0 N–H and O–H groups in total. The van der Waals surface area contributed by atoms with Gasteiger partial charge in [0, 0.05) is 7.05 Å². The molecule has 0 aromatic carbocycles. The van der Waals surface area contributed by atoms with Gasteiger partial charge in [-0.15, -0.1) is 0 Å². The van der Waals surface area contributed by atoms with E-state index in [9.17, 15) is 4.79 Å². The predicted octanol–water partition coefficient (Wildman–Crippen LogP) is 0.457. The lowest BCUT2D eigenvalue weighted by Crippen LogP contribution is -2.18. The largest absolute Gasteiger partial charge is 0.445 e. The molecule has 0 aromatic rings. The molecule has 1 amide bonds. The maximum atomic E-state index is 10.5. The van der Waals surface area contributed by atoms with E-state index in [2.05, 4.69) is 0 Å². The van der Waals surface area contributed by atoms with Crippen molar-refractivity contribution < 1.29 is 9.53 Å². The van der Waals surface area contributed by atoms with Crippen molar-refractivity contribution in [2.24, 2.45) is 0 Å². The molecule has 46 valence electrons. The second-order valence-corrected chi connectivity index (χ2v) is 2.07. The smallest absolute Gasteiger partial charge is 0.409 e. The van der Waals surface area contributed by atoms with Crippen LogP contribution in [-0.2, 0) is 4.74 Å². The van der Waals surface area contributed by atoms with Gasteiger partial charge < -0.3 is 9.64 Å². The molecule has 3 nitrogen and oxygen atoms in total. The van der Waals surface area contributed by atoms with Crippen LogP contribution in [0.25, 0.3) is 0 Å². The van der Waals surface area contributed by atoms with Crippen LogP contribution in [0.2, 0.25) is 0 Å². The zero-order valence-electron chi connectivity index (χ0n) is 5.05. The summed E-state index contributed by atoms with van der Waals surface area (Å²) in [6.45, 7) is 2.60. The molecule has 0 bridgehead atoms. The van der Waals surface area contributed by atoms with Crippen LogP contribution >= 0.6 is 0 Å². The molecule has 1 atom stereocenters. The number of cyclic esters (lactones) is 1. The fourth-order valence-corrected chi connectivity index (χ4v) is 0.760. The third-order valence-corrected chi connectivity index (χ3v) is 1.14. The van der Waals surface area contributed by atoms with Crippen LogP contribution in [0, 0.1) is 0 Å². The molecule has 8 heavy (non-hydrogen) atoms. The number of rotatable bonds is 0. The van der Waals surface area contributed by atoms with Gasteiger partial charge in [0.15, 0.2) is 0 Å². The lowest BCUT2D eigenvalue weighted by molar-refractivity contribution is 0.141. The maximum absolute atomic E-state index is 10.5. The van der Waals surface area contributed by atoms with Gasteiger partial charge in [-0.05, 0) is 6.92 Å². The van der Waals surface area contributed by atoms with E-state index in [1.54, 1.807) is 11.9 Å². The minimum Gasteiger partial charge on any atom is -0.445 e. The van der Waals surface area contributed by atoms with Crippen molar-refractivity contribution in [3.05, 3.63) is 0 Å².